The molecule has 2 aromatic heterocycles. The van der Waals surface area contributed by atoms with Crippen LogP contribution in [-0.2, 0) is 108 Å². The number of phosphoric acid groups is 1. The Hall–Kier alpha value is -5.43. The van der Waals surface area contributed by atoms with E-state index in [9.17, 15) is 108 Å². The number of rotatable bonds is 73. The number of likely N-dealkylation sites (tertiary alicyclic amines) is 1. The molecule has 45 heteroatoms. The minimum atomic E-state index is -4.97. The maximum atomic E-state index is 14.3. The number of nitrogen functional groups attached to an aromatic ring is 1. The number of aliphatic hydroxyl groups is 10. The third kappa shape index (κ3) is 40.8. The molecule has 2 aromatic rings. The van der Waals surface area contributed by atoms with E-state index in [1.165, 1.54) is 36.0 Å². The number of anilines is 1. The van der Waals surface area contributed by atoms with Crippen LogP contribution in [0.25, 0.3) is 11.2 Å². The van der Waals surface area contributed by atoms with Crippen molar-refractivity contribution in [1.82, 2.24) is 35.1 Å². The summed E-state index contributed by atoms with van der Waals surface area (Å²) in [5.41, 5.74) is 4.36. The number of hydrogen-bond acceptors (Lipinski definition) is 37. The van der Waals surface area contributed by atoms with E-state index in [0.717, 1.165) is 0 Å². The summed E-state index contributed by atoms with van der Waals surface area (Å²) in [5.74, 6) is -2.57. The van der Waals surface area contributed by atoms with Crippen molar-refractivity contribution in [1.29, 1.82) is 0 Å². The molecule has 780 valence electrons. The van der Waals surface area contributed by atoms with Gasteiger partial charge >= 0.3 is 15.4 Å². The van der Waals surface area contributed by atoms with Gasteiger partial charge in [-0.15, -0.1) is 0 Å². The van der Waals surface area contributed by atoms with Crippen LogP contribution in [-0.4, -0.2) is 347 Å². The number of carbonyl (C=O) groups is 8. The summed E-state index contributed by atoms with van der Waals surface area (Å²) in [7, 11) is -9.11. The molecule has 0 radical (unpaired) electrons. The van der Waals surface area contributed by atoms with E-state index in [2.05, 4.69) is 25.6 Å². The molecular weight excluding hydrogens is 1830 g/mol. The number of ether oxygens (including phenoxy) is 10. The van der Waals surface area contributed by atoms with Gasteiger partial charge in [-0.3, -0.25) is 56.5 Å². The lowest BCUT2D eigenvalue weighted by Gasteiger charge is -2.40. The zero-order valence-corrected chi connectivity index (χ0v) is 81.6. The Morgan fingerprint density at radius 2 is 0.890 bits per heavy atom. The van der Waals surface area contributed by atoms with Gasteiger partial charge in [-0.1, -0.05) is 73.1 Å². The number of amides is 3. The van der Waals surface area contributed by atoms with Crippen molar-refractivity contribution >= 4 is 79.0 Å². The SMILES string of the molecule is CC1[C@H](OCCCCC(=O)CCCCCC(=O)CCOCC(COCCC(=O)CCCCCC(=O)CCCCO[C@@H]2OC(CO)[C@H](O)[C@H](O)C2C)(COCCC(=O)NCCCCC(=O)CCCCO[C@@H]2OC(CO)[C@H](O)[C@H](O)C2C)NC(=O)CCCCCCCCC(=O)N2C[C@H](O)C[C@H]2COP(=O)(O)O[C@H]2C[C@H](n3cnc4c(N)ncnc43)O[C@@H]2COP(=O)(O)C(C)C)OC(CO)[C@H](O)[C@@H]1O. The molecule has 22 atom stereocenters. The third-order valence-corrected chi connectivity index (χ3v) is 28.3. The van der Waals surface area contributed by atoms with E-state index < -0.39 is 188 Å². The number of phosphoric ester groups is 1. The Morgan fingerprint density at radius 3 is 1.35 bits per heavy atom. The van der Waals surface area contributed by atoms with Crippen LogP contribution in [0.3, 0.4) is 0 Å². The van der Waals surface area contributed by atoms with Crippen LogP contribution in [0.5, 0.6) is 0 Å². The highest BCUT2D eigenvalue weighted by atomic mass is 31.2. The lowest BCUT2D eigenvalue weighted by molar-refractivity contribution is -0.282. The molecule has 136 heavy (non-hydrogen) atoms. The van der Waals surface area contributed by atoms with Crippen LogP contribution in [0, 0.1) is 17.8 Å². The van der Waals surface area contributed by atoms with Gasteiger partial charge in [-0.2, -0.15) is 0 Å². The van der Waals surface area contributed by atoms with Crippen LogP contribution in [0.4, 0.5) is 5.82 Å². The van der Waals surface area contributed by atoms with Crippen LogP contribution < -0.4 is 16.4 Å². The number of imidazole rings is 1. The van der Waals surface area contributed by atoms with Crippen molar-refractivity contribution in [3.63, 3.8) is 0 Å². The minimum absolute atomic E-state index is 0.0160. The van der Waals surface area contributed by atoms with Crippen molar-refractivity contribution < 1.29 is 169 Å². The molecule has 3 amide bonds. The van der Waals surface area contributed by atoms with E-state index in [0.29, 0.717) is 167 Å². The number of β-amino-alcohol motifs (C(OH)–C–C–N with tert-alkyl or cyclic N) is 1. The first-order valence-corrected chi connectivity index (χ1v) is 51.9. The van der Waals surface area contributed by atoms with Crippen molar-refractivity contribution in [3.8, 4) is 0 Å². The molecule has 0 saturated carbocycles. The average Bonchev–Trinajstić information content (AvgIpc) is 1.62. The molecule has 5 fully saturated rings. The van der Waals surface area contributed by atoms with Crippen LogP contribution in [0.1, 0.15) is 266 Å². The summed E-state index contributed by atoms with van der Waals surface area (Å²) in [6.07, 6.45) is -0.540. The number of nitrogens with zero attached hydrogens (tertiary/aromatic N) is 5. The lowest BCUT2D eigenvalue weighted by atomic mass is 9.92. The van der Waals surface area contributed by atoms with Gasteiger partial charge in [0.1, 0.15) is 101 Å². The first-order valence-electron chi connectivity index (χ1n) is 48.8. The number of aliphatic hydroxyl groups excluding tert-OH is 10. The number of nitrogens with two attached hydrogens (primary N) is 1. The number of carbonyl (C=O) groups excluding carboxylic acids is 8. The van der Waals surface area contributed by atoms with Gasteiger partial charge in [0.25, 0.3) is 0 Å². The fourth-order valence-electron chi connectivity index (χ4n) is 16.8. The van der Waals surface area contributed by atoms with Gasteiger partial charge in [-0.05, 0) is 96.3 Å². The number of fused-ring (bicyclic) bond motifs is 1. The van der Waals surface area contributed by atoms with Crippen LogP contribution in [0.15, 0.2) is 12.7 Å². The fraction of sp³-hybridized carbons (Fsp3) is 0.857. The number of ketones is 5. The first-order chi connectivity index (χ1) is 65.0. The van der Waals surface area contributed by atoms with Gasteiger partial charge in [0, 0.05) is 141 Å². The lowest BCUT2D eigenvalue weighted by Crippen LogP contribution is -2.58. The molecule has 16 N–H and O–H groups in total. The van der Waals surface area contributed by atoms with E-state index >= 15 is 0 Å². The Morgan fingerprint density at radius 1 is 0.478 bits per heavy atom. The highest BCUT2D eigenvalue weighted by molar-refractivity contribution is 7.53. The second kappa shape index (κ2) is 62.2. The van der Waals surface area contributed by atoms with E-state index in [-0.39, 0.29) is 188 Å². The molecule has 0 aromatic carbocycles. The predicted octanol–water partition coefficient (Wildman–Crippen LogP) is 4.79. The molecule has 43 nitrogen and oxygen atoms in total. The number of aromatic nitrogens is 4. The molecule has 7 heterocycles. The predicted molar refractivity (Wildman–Crippen MR) is 488 cm³/mol. The average molecular weight is 1980 g/mol. The van der Waals surface area contributed by atoms with E-state index in [1.807, 2.05) is 0 Å². The Kier molecular flexibility index (Phi) is 53.7. The third-order valence-electron chi connectivity index (χ3n) is 25.5. The summed E-state index contributed by atoms with van der Waals surface area (Å²) in [6, 6.07) is -0.802. The number of hydrogen-bond donors (Lipinski definition) is 15. The summed E-state index contributed by atoms with van der Waals surface area (Å²) in [5, 5.41) is 107. The minimum Gasteiger partial charge on any atom is -0.394 e. The van der Waals surface area contributed by atoms with Gasteiger partial charge in [0.2, 0.25) is 17.7 Å². The zero-order chi connectivity index (χ0) is 99.3. The van der Waals surface area contributed by atoms with E-state index in [1.54, 1.807) is 20.8 Å². The van der Waals surface area contributed by atoms with Gasteiger partial charge in [0.15, 0.2) is 30.3 Å². The van der Waals surface area contributed by atoms with Crippen molar-refractivity contribution in [2.75, 3.05) is 111 Å². The monoisotopic (exact) mass is 1980 g/mol. The number of nitrogens with one attached hydrogen (secondary N) is 2. The van der Waals surface area contributed by atoms with Gasteiger partial charge in [-0.25, -0.2) is 19.5 Å². The topological polar surface area (TPSA) is 630 Å². The zero-order valence-electron chi connectivity index (χ0n) is 79.8. The second-order valence-electron chi connectivity index (χ2n) is 37.1. The standard InChI is InChI=1S/C91H156N8O35P2/c1-59(2)135(118,119)128-53-74-70(47-78(130-74)99-58-96-79-86(92)94-57-95-87(79)99)134-136(120,121)129-52-63-46-69(108)48-98(63)77(111)35-17-9-7-6-8-16-34-76(110)97-91(54-122-43-36-67(106)28-14-10-12-26-64(103)31-19-23-40-125-88-60(3)80(112)83(115)71(49-100)131-88,55-123-44-37-68(107)29-15-11-13-27-65(104)32-20-24-41-126-89-61(4)81(113)84(116)72(50-101)132-89)56-124-45-38-75(109)93-39-22-18-30-66(105)33-21-25-42-127-90-62(5)82(114)85(117)73(51-102)133-90/h57-63,69-74,78,80-85,88-90,100-102,108,112-117H,6-56H2,1-5H3,(H,93,109)(H,97,110)(H,118,119)(H,120,121)(H2,92,94,95)/t60?,61?,62?,63-,69+,70-,71?,72?,73?,74+,78+,80+,81+,82+,83-,84-,85-,88+,89+,90+,91?/m0/s1. The molecule has 8 unspecified atom stereocenters. The smallest absolute Gasteiger partial charge is 0.394 e. The summed E-state index contributed by atoms with van der Waals surface area (Å²) >= 11 is 0. The fourth-order valence-corrected chi connectivity index (χ4v) is 18.4. The molecule has 0 aliphatic carbocycles. The Labute approximate surface area is 796 Å². The molecular formula is C91H156N8O35P2. The first kappa shape index (κ1) is 118. The highest BCUT2D eigenvalue weighted by Gasteiger charge is 2.48. The largest absolute Gasteiger partial charge is 0.472 e. The number of unbranched alkanes of at least 4 members (excludes halogenated alkanes) is 13. The van der Waals surface area contributed by atoms with Gasteiger partial charge < -0.3 is 134 Å². The van der Waals surface area contributed by atoms with Crippen LogP contribution >= 0.6 is 15.4 Å². The molecule has 5 saturated heterocycles. The molecule has 0 bridgehead atoms. The van der Waals surface area contributed by atoms with Crippen LogP contribution in [0.2, 0.25) is 0 Å². The highest BCUT2D eigenvalue weighted by Crippen LogP contribution is 2.52. The second-order valence-corrected chi connectivity index (χ2v) is 40.9. The molecule has 0 spiro atoms. The van der Waals surface area contributed by atoms with Gasteiger partial charge in [0.05, 0.1) is 115 Å². The molecule has 7 rings (SSSR count). The Balaban J connectivity index is 0.890. The van der Waals surface area contributed by atoms with Crippen molar-refractivity contribution in [2.24, 2.45) is 17.8 Å². The van der Waals surface area contributed by atoms with Crippen molar-refractivity contribution in [2.45, 2.75) is 375 Å². The van der Waals surface area contributed by atoms with E-state index in [4.69, 9.17) is 66.7 Å². The normalized spacial score (nSPS) is 27.3. The quantitative estimate of drug-likeness (QED) is 0.0313. The van der Waals surface area contributed by atoms with Crippen molar-refractivity contribution in [3.05, 3.63) is 12.7 Å². The maximum Gasteiger partial charge on any atom is 0.472 e. The molecule has 5 aliphatic rings. The number of Topliss-reactive ketones (excluding diaryl/α,β-unsaturated/α-hetero) is 5. The summed E-state index contributed by atoms with van der Waals surface area (Å²) in [4.78, 5) is 142. The molecule has 5 aliphatic heterocycles. The maximum absolute atomic E-state index is 14.3. The Bertz CT molecular complexity index is 3760. The summed E-state index contributed by atoms with van der Waals surface area (Å²) < 4.78 is 104. The summed E-state index contributed by atoms with van der Waals surface area (Å²) in [6.45, 7) is 5.65.